The van der Waals surface area contributed by atoms with Crippen molar-refractivity contribution in [2.24, 2.45) is 0 Å². The molecule has 0 aromatic heterocycles. The minimum absolute atomic E-state index is 0.0285. The molecule has 2 amide bonds. The highest BCUT2D eigenvalue weighted by Crippen LogP contribution is 2.18. The van der Waals surface area contributed by atoms with Gasteiger partial charge in [-0.2, -0.15) is 0 Å². The number of nitrogens with zero attached hydrogens (tertiary/aromatic N) is 1. The normalized spacial score (nSPS) is 15.8. The van der Waals surface area contributed by atoms with Crippen LogP contribution in [0.5, 0.6) is 0 Å². The van der Waals surface area contributed by atoms with Gasteiger partial charge < -0.3 is 10.2 Å². The van der Waals surface area contributed by atoms with E-state index in [1.165, 1.54) is 0 Å². The van der Waals surface area contributed by atoms with Crippen molar-refractivity contribution in [1.82, 2.24) is 10.2 Å². The highest BCUT2D eigenvalue weighted by molar-refractivity contribution is 9.10. The molecule has 1 N–H and O–H groups in total. The Labute approximate surface area is 91.2 Å². The third-order valence-corrected chi connectivity index (χ3v) is 3.04. The molecule has 2 rings (SSSR count). The lowest BCUT2D eigenvalue weighted by molar-refractivity contribution is 0.215. The molecule has 0 radical (unpaired) electrons. The average molecular weight is 255 g/mol. The molecular formula is C10H11BrN2O. The highest BCUT2D eigenvalue weighted by atomic mass is 79.9. The molecule has 1 aromatic rings. The van der Waals surface area contributed by atoms with Crippen molar-refractivity contribution in [3.05, 3.63) is 34.3 Å². The zero-order chi connectivity index (χ0) is 9.97. The molecule has 0 bridgehead atoms. The summed E-state index contributed by atoms with van der Waals surface area (Å²) in [5.41, 5.74) is 1.14. The molecule has 74 valence electrons. The number of carbonyl (C=O) groups excluding carboxylic acids is 1. The summed E-state index contributed by atoms with van der Waals surface area (Å²) in [4.78, 5) is 13.1. The van der Waals surface area contributed by atoms with Gasteiger partial charge in [0.05, 0.1) is 0 Å². The third-order valence-electron chi connectivity index (χ3n) is 2.26. The molecular weight excluding hydrogens is 244 g/mol. The fourth-order valence-electron chi connectivity index (χ4n) is 1.49. The molecule has 1 fully saturated rings. The SMILES string of the molecule is O=C1NCCN1Cc1ccccc1Br. The summed E-state index contributed by atoms with van der Waals surface area (Å²) in [5, 5.41) is 2.78. The first-order valence-electron chi connectivity index (χ1n) is 4.53. The number of hydrogen-bond acceptors (Lipinski definition) is 1. The van der Waals surface area contributed by atoms with Crippen LogP contribution in [0.3, 0.4) is 0 Å². The quantitative estimate of drug-likeness (QED) is 0.860. The molecule has 1 aliphatic heterocycles. The summed E-state index contributed by atoms with van der Waals surface area (Å²) < 4.78 is 1.06. The molecule has 0 spiro atoms. The molecule has 0 saturated carbocycles. The fourth-order valence-corrected chi connectivity index (χ4v) is 1.90. The van der Waals surface area contributed by atoms with Crippen LogP contribution in [-0.2, 0) is 6.54 Å². The fraction of sp³-hybridized carbons (Fsp3) is 0.300. The average Bonchev–Trinajstić information content (AvgIpc) is 2.56. The third kappa shape index (κ3) is 1.90. The zero-order valence-electron chi connectivity index (χ0n) is 7.66. The van der Waals surface area contributed by atoms with Gasteiger partial charge in [0.1, 0.15) is 0 Å². The van der Waals surface area contributed by atoms with Crippen molar-refractivity contribution >= 4 is 22.0 Å². The van der Waals surface area contributed by atoms with Gasteiger partial charge in [-0.3, -0.25) is 0 Å². The van der Waals surface area contributed by atoms with Gasteiger partial charge in [0, 0.05) is 24.1 Å². The smallest absolute Gasteiger partial charge is 0.317 e. The van der Waals surface area contributed by atoms with E-state index in [0.717, 1.165) is 23.1 Å². The Kier molecular flexibility index (Phi) is 2.72. The predicted octanol–water partition coefficient (Wildman–Crippen LogP) is 1.97. The number of carbonyl (C=O) groups is 1. The van der Waals surface area contributed by atoms with Gasteiger partial charge in [0.2, 0.25) is 0 Å². The van der Waals surface area contributed by atoms with E-state index in [9.17, 15) is 4.79 Å². The maximum Gasteiger partial charge on any atom is 0.317 e. The molecule has 1 heterocycles. The van der Waals surface area contributed by atoms with E-state index in [2.05, 4.69) is 21.2 Å². The van der Waals surface area contributed by atoms with Crippen LogP contribution in [0.25, 0.3) is 0 Å². The molecule has 0 unspecified atom stereocenters. The minimum Gasteiger partial charge on any atom is -0.336 e. The number of halogens is 1. The van der Waals surface area contributed by atoms with Gasteiger partial charge in [0.25, 0.3) is 0 Å². The first-order chi connectivity index (χ1) is 6.77. The molecule has 1 aliphatic rings. The first kappa shape index (κ1) is 9.52. The van der Waals surface area contributed by atoms with Crippen molar-refractivity contribution in [2.75, 3.05) is 13.1 Å². The lowest BCUT2D eigenvalue weighted by atomic mass is 10.2. The van der Waals surface area contributed by atoms with Crippen LogP contribution >= 0.6 is 15.9 Å². The lowest BCUT2D eigenvalue weighted by Gasteiger charge is -2.14. The van der Waals surface area contributed by atoms with E-state index in [-0.39, 0.29) is 6.03 Å². The standard InChI is InChI=1S/C10H11BrN2O/c11-9-4-2-1-3-8(9)7-13-6-5-12-10(13)14/h1-4H,5-7H2,(H,12,14). The van der Waals surface area contributed by atoms with E-state index in [4.69, 9.17) is 0 Å². The Hall–Kier alpha value is -1.03. The Morgan fingerprint density at radius 3 is 2.86 bits per heavy atom. The number of amides is 2. The van der Waals surface area contributed by atoms with E-state index < -0.39 is 0 Å². The summed E-state index contributed by atoms with van der Waals surface area (Å²) in [7, 11) is 0. The van der Waals surface area contributed by atoms with Crippen LogP contribution in [0.4, 0.5) is 4.79 Å². The predicted molar refractivity (Wildman–Crippen MR) is 58.0 cm³/mol. The van der Waals surface area contributed by atoms with E-state index in [0.29, 0.717) is 6.54 Å². The topological polar surface area (TPSA) is 32.3 Å². The summed E-state index contributed by atoms with van der Waals surface area (Å²) in [6.07, 6.45) is 0. The molecule has 1 aromatic carbocycles. The lowest BCUT2D eigenvalue weighted by Crippen LogP contribution is -2.27. The molecule has 0 atom stereocenters. The number of nitrogens with one attached hydrogen (secondary N) is 1. The van der Waals surface area contributed by atoms with Crippen molar-refractivity contribution in [2.45, 2.75) is 6.54 Å². The van der Waals surface area contributed by atoms with Crippen LogP contribution in [0.2, 0.25) is 0 Å². The monoisotopic (exact) mass is 254 g/mol. The summed E-state index contributed by atoms with van der Waals surface area (Å²) in [5.74, 6) is 0. The molecule has 3 nitrogen and oxygen atoms in total. The largest absolute Gasteiger partial charge is 0.336 e. The maximum absolute atomic E-state index is 11.3. The van der Waals surface area contributed by atoms with Gasteiger partial charge in [-0.25, -0.2) is 4.79 Å². The van der Waals surface area contributed by atoms with Gasteiger partial charge in [0.15, 0.2) is 0 Å². The second-order valence-electron chi connectivity index (χ2n) is 3.24. The summed E-state index contributed by atoms with van der Waals surface area (Å²) in [6, 6.07) is 7.99. The van der Waals surface area contributed by atoms with Crippen molar-refractivity contribution < 1.29 is 4.79 Å². The van der Waals surface area contributed by atoms with Crippen LogP contribution < -0.4 is 5.32 Å². The van der Waals surface area contributed by atoms with Crippen LogP contribution in [0, 0.1) is 0 Å². The molecule has 0 aliphatic carbocycles. The van der Waals surface area contributed by atoms with Gasteiger partial charge in [-0.15, -0.1) is 0 Å². The summed E-state index contributed by atoms with van der Waals surface area (Å²) >= 11 is 3.47. The number of hydrogen-bond donors (Lipinski definition) is 1. The molecule has 14 heavy (non-hydrogen) atoms. The van der Waals surface area contributed by atoms with Crippen molar-refractivity contribution in [1.29, 1.82) is 0 Å². The van der Waals surface area contributed by atoms with E-state index >= 15 is 0 Å². The highest BCUT2D eigenvalue weighted by Gasteiger charge is 2.19. The number of rotatable bonds is 2. The Balaban J connectivity index is 2.10. The van der Waals surface area contributed by atoms with Gasteiger partial charge in [-0.05, 0) is 11.6 Å². The maximum atomic E-state index is 11.3. The number of benzene rings is 1. The molecule has 4 heteroatoms. The Morgan fingerprint density at radius 2 is 2.21 bits per heavy atom. The Bertz CT molecular complexity index is 354. The number of urea groups is 1. The summed E-state index contributed by atoms with van der Waals surface area (Å²) in [6.45, 7) is 2.22. The van der Waals surface area contributed by atoms with Crippen molar-refractivity contribution in [3.8, 4) is 0 Å². The zero-order valence-corrected chi connectivity index (χ0v) is 9.25. The molecule has 1 saturated heterocycles. The van der Waals surface area contributed by atoms with Crippen LogP contribution in [0.15, 0.2) is 28.7 Å². The second kappa shape index (κ2) is 4.00. The van der Waals surface area contributed by atoms with E-state index in [1.807, 2.05) is 24.3 Å². The van der Waals surface area contributed by atoms with Gasteiger partial charge in [-0.1, -0.05) is 34.1 Å². The van der Waals surface area contributed by atoms with Crippen LogP contribution in [0.1, 0.15) is 5.56 Å². The Morgan fingerprint density at radius 1 is 1.43 bits per heavy atom. The van der Waals surface area contributed by atoms with Crippen LogP contribution in [-0.4, -0.2) is 24.0 Å². The minimum atomic E-state index is 0.0285. The van der Waals surface area contributed by atoms with Crippen molar-refractivity contribution in [3.63, 3.8) is 0 Å². The van der Waals surface area contributed by atoms with E-state index in [1.54, 1.807) is 4.90 Å². The second-order valence-corrected chi connectivity index (χ2v) is 4.10. The first-order valence-corrected chi connectivity index (χ1v) is 5.33. The van der Waals surface area contributed by atoms with Gasteiger partial charge >= 0.3 is 6.03 Å².